The number of aliphatic hydroxyl groups is 1. The van der Waals surface area contributed by atoms with Gasteiger partial charge >= 0.3 is 0 Å². The van der Waals surface area contributed by atoms with Gasteiger partial charge in [0.2, 0.25) is 0 Å². The van der Waals surface area contributed by atoms with Gasteiger partial charge in [0.25, 0.3) is 5.91 Å². The predicted octanol–water partition coefficient (Wildman–Crippen LogP) is 2.63. The molecule has 0 saturated heterocycles. The summed E-state index contributed by atoms with van der Waals surface area (Å²) >= 11 is 0. The first-order chi connectivity index (χ1) is 9.67. The molecule has 0 radical (unpaired) electrons. The van der Waals surface area contributed by atoms with Gasteiger partial charge in [-0.05, 0) is 29.3 Å². The summed E-state index contributed by atoms with van der Waals surface area (Å²) in [6, 6.07) is 16.9. The highest BCUT2D eigenvalue weighted by Gasteiger charge is 2.35. The minimum Gasteiger partial charge on any atom is -0.375 e. The van der Waals surface area contributed by atoms with E-state index in [1.54, 1.807) is 24.3 Å². The smallest absolute Gasteiger partial charge is 0.260 e. The van der Waals surface area contributed by atoms with Crippen LogP contribution in [0.1, 0.15) is 11.1 Å². The highest BCUT2D eigenvalue weighted by molar-refractivity contribution is 6.00. The lowest BCUT2D eigenvalue weighted by atomic mass is 9.85. The van der Waals surface area contributed by atoms with Crippen LogP contribution in [0.15, 0.2) is 60.7 Å². The SMILES string of the molecule is O=C(Nc1ccccc1)C1(O)C=Cc2ccccc2C1. The Balaban J connectivity index is 1.82. The fraction of sp³-hybridized carbons (Fsp3) is 0.118. The van der Waals surface area contributed by atoms with Crippen LogP contribution in [-0.2, 0) is 11.2 Å². The molecule has 0 spiro atoms. The van der Waals surface area contributed by atoms with Gasteiger partial charge in [-0.25, -0.2) is 0 Å². The van der Waals surface area contributed by atoms with E-state index in [1.165, 1.54) is 0 Å². The molecule has 1 atom stereocenters. The van der Waals surface area contributed by atoms with Gasteiger partial charge in [0, 0.05) is 12.1 Å². The van der Waals surface area contributed by atoms with Gasteiger partial charge in [-0.3, -0.25) is 4.79 Å². The maximum Gasteiger partial charge on any atom is 0.260 e. The van der Waals surface area contributed by atoms with Crippen LogP contribution in [0.5, 0.6) is 0 Å². The monoisotopic (exact) mass is 265 g/mol. The number of hydrogen-bond donors (Lipinski definition) is 2. The van der Waals surface area contributed by atoms with Crippen LogP contribution in [0.4, 0.5) is 5.69 Å². The molecule has 1 aliphatic rings. The summed E-state index contributed by atoms with van der Waals surface area (Å²) in [7, 11) is 0. The van der Waals surface area contributed by atoms with Gasteiger partial charge in [0.1, 0.15) is 0 Å². The van der Waals surface area contributed by atoms with Gasteiger partial charge in [-0.2, -0.15) is 0 Å². The van der Waals surface area contributed by atoms with E-state index >= 15 is 0 Å². The Morgan fingerprint density at radius 2 is 1.75 bits per heavy atom. The molecule has 3 rings (SSSR count). The number of carbonyl (C=O) groups is 1. The lowest BCUT2D eigenvalue weighted by Crippen LogP contribution is -2.44. The molecule has 0 aliphatic heterocycles. The number of fused-ring (bicyclic) bond motifs is 1. The summed E-state index contributed by atoms with van der Waals surface area (Å²) in [5, 5.41) is 13.3. The Kier molecular flexibility index (Phi) is 3.12. The summed E-state index contributed by atoms with van der Waals surface area (Å²) in [4.78, 5) is 12.3. The van der Waals surface area contributed by atoms with E-state index in [1.807, 2.05) is 42.5 Å². The zero-order chi connectivity index (χ0) is 14.0. The van der Waals surface area contributed by atoms with Crippen LogP contribution in [0, 0.1) is 0 Å². The van der Waals surface area contributed by atoms with E-state index in [0.29, 0.717) is 12.1 Å². The molecule has 1 unspecified atom stereocenters. The first-order valence-electron chi connectivity index (χ1n) is 6.53. The second-order valence-corrected chi connectivity index (χ2v) is 4.95. The van der Waals surface area contributed by atoms with Crippen molar-refractivity contribution in [2.45, 2.75) is 12.0 Å². The molecule has 3 heteroatoms. The average Bonchev–Trinajstić information content (AvgIpc) is 2.48. The zero-order valence-corrected chi connectivity index (χ0v) is 10.9. The second kappa shape index (κ2) is 4.94. The second-order valence-electron chi connectivity index (χ2n) is 4.95. The van der Waals surface area contributed by atoms with Crippen LogP contribution in [0.2, 0.25) is 0 Å². The summed E-state index contributed by atoms with van der Waals surface area (Å²) < 4.78 is 0. The maximum atomic E-state index is 12.3. The number of para-hydroxylation sites is 1. The van der Waals surface area contributed by atoms with Crippen LogP contribution in [0.3, 0.4) is 0 Å². The van der Waals surface area contributed by atoms with E-state index in [4.69, 9.17) is 0 Å². The standard InChI is InChI=1S/C17H15NO2/c19-16(18-15-8-2-1-3-9-15)17(20)11-10-13-6-4-5-7-14(13)12-17/h1-11,20H,12H2,(H,18,19). The zero-order valence-electron chi connectivity index (χ0n) is 10.9. The number of amides is 1. The Bertz CT molecular complexity index is 664. The van der Waals surface area contributed by atoms with E-state index in [0.717, 1.165) is 11.1 Å². The van der Waals surface area contributed by atoms with Crippen molar-refractivity contribution in [3.8, 4) is 0 Å². The van der Waals surface area contributed by atoms with Gasteiger partial charge in [-0.15, -0.1) is 0 Å². The number of anilines is 1. The number of hydrogen-bond acceptors (Lipinski definition) is 2. The average molecular weight is 265 g/mol. The minimum atomic E-state index is -1.50. The third kappa shape index (κ3) is 2.36. The molecule has 0 aromatic heterocycles. The Morgan fingerprint density at radius 1 is 1.05 bits per heavy atom. The van der Waals surface area contributed by atoms with Crippen molar-refractivity contribution in [3.05, 3.63) is 71.8 Å². The highest BCUT2D eigenvalue weighted by Crippen LogP contribution is 2.27. The van der Waals surface area contributed by atoms with Gasteiger partial charge in [-0.1, -0.05) is 48.5 Å². The number of rotatable bonds is 2. The molecule has 0 bridgehead atoms. The molecule has 1 amide bonds. The largest absolute Gasteiger partial charge is 0.375 e. The van der Waals surface area contributed by atoms with E-state index in [9.17, 15) is 9.90 Å². The van der Waals surface area contributed by atoms with Crippen molar-refractivity contribution in [2.24, 2.45) is 0 Å². The number of carbonyl (C=O) groups excluding carboxylic acids is 1. The first-order valence-corrected chi connectivity index (χ1v) is 6.53. The molecule has 20 heavy (non-hydrogen) atoms. The summed E-state index contributed by atoms with van der Waals surface area (Å²) in [5.41, 5.74) is 1.20. The van der Waals surface area contributed by atoms with Crippen LogP contribution in [-0.4, -0.2) is 16.6 Å². The molecule has 2 N–H and O–H groups in total. The predicted molar refractivity (Wildman–Crippen MR) is 79.2 cm³/mol. The molecule has 100 valence electrons. The molecule has 2 aromatic carbocycles. The van der Waals surface area contributed by atoms with Crippen molar-refractivity contribution in [2.75, 3.05) is 5.32 Å². The normalized spacial score (nSPS) is 20.2. The first kappa shape index (κ1) is 12.6. The maximum absolute atomic E-state index is 12.3. The van der Waals surface area contributed by atoms with E-state index in [2.05, 4.69) is 5.32 Å². The molecular weight excluding hydrogens is 250 g/mol. The van der Waals surface area contributed by atoms with Crippen LogP contribution < -0.4 is 5.32 Å². The van der Waals surface area contributed by atoms with Gasteiger partial charge in [0.05, 0.1) is 0 Å². The molecule has 0 fully saturated rings. The van der Waals surface area contributed by atoms with Crippen molar-refractivity contribution >= 4 is 17.7 Å². The van der Waals surface area contributed by atoms with Crippen molar-refractivity contribution in [1.29, 1.82) is 0 Å². The summed E-state index contributed by atoms with van der Waals surface area (Å²) in [5.74, 6) is -0.408. The Hall–Kier alpha value is -2.39. The third-order valence-corrected chi connectivity index (χ3v) is 3.48. The van der Waals surface area contributed by atoms with Crippen molar-refractivity contribution in [1.82, 2.24) is 0 Å². The van der Waals surface area contributed by atoms with E-state index in [-0.39, 0.29) is 0 Å². The van der Waals surface area contributed by atoms with Gasteiger partial charge < -0.3 is 10.4 Å². The molecule has 0 heterocycles. The Labute approximate surface area is 117 Å². The number of nitrogens with one attached hydrogen (secondary N) is 1. The summed E-state index contributed by atoms with van der Waals surface area (Å²) in [6.45, 7) is 0. The quantitative estimate of drug-likeness (QED) is 0.877. The minimum absolute atomic E-state index is 0.290. The van der Waals surface area contributed by atoms with Crippen molar-refractivity contribution in [3.63, 3.8) is 0 Å². The number of benzene rings is 2. The molecular formula is C17H15NO2. The highest BCUT2D eigenvalue weighted by atomic mass is 16.3. The van der Waals surface area contributed by atoms with Crippen molar-refractivity contribution < 1.29 is 9.90 Å². The third-order valence-electron chi connectivity index (χ3n) is 3.48. The fourth-order valence-electron chi connectivity index (χ4n) is 2.35. The van der Waals surface area contributed by atoms with Crippen LogP contribution >= 0.6 is 0 Å². The Morgan fingerprint density at radius 3 is 2.55 bits per heavy atom. The molecule has 3 nitrogen and oxygen atoms in total. The van der Waals surface area contributed by atoms with Gasteiger partial charge in [0.15, 0.2) is 5.60 Å². The molecule has 0 saturated carbocycles. The molecule has 1 aliphatic carbocycles. The van der Waals surface area contributed by atoms with E-state index < -0.39 is 11.5 Å². The lowest BCUT2D eigenvalue weighted by molar-refractivity contribution is -0.129. The van der Waals surface area contributed by atoms with Crippen LogP contribution in [0.25, 0.3) is 6.08 Å². The lowest BCUT2D eigenvalue weighted by Gasteiger charge is -2.27. The molecule has 2 aromatic rings. The summed E-state index contributed by atoms with van der Waals surface area (Å²) in [6.07, 6.45) is 3.65. The topological polar surface area (TPSA) is 49.3 Å². The fourth-order valence-corrected chi connectivity index (χ4v) is 2.35.